The fraction of sp³-hybridized carbons (Fsp3) is 0.235. The number of hydrogen-bond acceptors (Lipinski definition) is 7. The van der Waals surface area contributed by atoms with Gasteiger partial charge in [0.2, 0.25) is 0 Å². The topological polar surface area (TPSA) is 92.8 Å². The predicted octanol–water partition coefficient (Wildman–Crippen LogP) is 1.92. The fourth-order valence-corrected chi connectivity index (χ4v) is 2.64. The number of fused-ring (bicyclic) bond motifs is 1. The Labute approximate surface area is 149 Å². The zero-order valence-corrected chi connectivity index (χ0v) is 14.4. The molecule has 9 nitrogen and oxygen atoms in total. The first-order valence-corrected chi connectivity index (χ1v) is 8.17. The second kappa shape index (κ2) is 6.79. The molecule has 0 saturated heterocycles. The van der Waals surface area contributed by atoms with E-state index in [1.54, 1.807) is 22.5 Å². The van der Waals surface area contributed by atoms with Crippen LogP contribution in [0.25, 0.3) is 17.0 Å². The first-order chi connectivity index (χ1) is 12.8. The van der Waals surface area contributed by atoms with Crippen LogP contribution in [0.5, 0.6) is 11.8 Å². The molecule has 4 aromatic rings. The summed E-state index contributed by atoms with van der Waals surface area (Å²) in [6.45, 7) is 2.78. The highest BCUT2D eigenvalue weighted by Gasteiger charge is 2.18. The fourth-order valence-electron chi connectivity index (χ4n) is 2.64. The van der Waals surface area contributed by atoms with Crippen LogP contribution < -0.4 is 9.47 Å². The molecule has 0 bridgehead atoms. The monoisotopic (exact) mass is 351 g/mol. The maximum Gasteiger partial charge on any atom is 0.305 e. The Morgan fingerprint density at radius 2 is 2.00 bits per heavy atom. The van der Waals surface area contributed by atoms with Crippen molar-refractivity contribution in [1.29, 1.82) is 0 Å². The highest BCUT2D eigenvalue weighted by atomic mass is 16.5. The minimum absolute atomic E-state index is 0.246. The minimum atomic E-state index is 0.246. The first kappa shape index (κ1) is 16.0. The van der Waals surface area contributed by atoms with E-state index < -0.39 is 0 Å². The number of nitrogens with zero attached hydrogens (tertiary/aromatic N) is 7. The number of hydrogen-bond donors (Lipinski definition) is 0. The van der Waals surface area contributed by atoms with Crippen molar-refractivity contribution < 1.29 is 9.47 Å². The van der Waals surface area contributed by atoms with E-state index in [1.165, 1.54) is 0 Å². The molecule has 0 aliphatic carbocycles. The third kappa shape index (κ3) is 2.94. The van der Waals surface area contributed by atoms with Crippen molar-refractivity contribution in [2.75, 3.05) is 6.61 Å². The van der Waals surface area contributed by atoms with E-state index in [4.69, 9.17) is 9.47 Å². The van der Waals surface area contributed by atoms with E-state index in [-0.39, 0.29) is 6.61 Å². The van der Waals surface area contributed by atoms with Crippen LogP contribution >= 0.6 is 0 Å². The van der Waals surface area contributed by atoms with Crippen molar-refractivity contribution in [3.05, 3.63) is 48.3 Å². The zero-order valence-electron chi connectivity index (χ0n) is 14.4. The van der Waals surface area contributed by atoms with Crippen LogP contribution in [0.2, 0.25) is 0 Å². The third-order valence-electron chi connectivity index (χ3n) is 3.78. The second-order valence-corrected chi connectivity index (χ2v) is 5.53. The van der Waals surface area contributed by atoms with E-state index >= 15 is 0 Å². The average molecular weight is 351 g/mol. The summed E-state index contributed by atoms with van der Waals surface area (Å²) < 4.78 is 14.8. The molecule has 1 aromatic carbocycles. The lowest BCUT2D eigenvalue weighted by atomic mass is 10.3. The van der Waals surface area contributed by atoms with Gasteiger partial charge in [-0.2, -0.15) is 4.98 Å². The molecule has 0 radical (unpaired) electrons. The molecule has 3 aromatic heterocycles. The SMILES string of the molecule is CCOc1ccnc(COc2nc3ccccc3n2-c2nnnn2C)c1. The summed E-state index contributed by atoms with van der Waals surface area (Å²) in [4.78, 5) is 8.87. The molecular weight excluding hydrogens is 334 g/mol. The number of benzene rings is 1. The molecule has 9 heteroatoms. The van der Waals surface area contributed by atoms with Crippen LogP contribution in [0.4, 0.5) is 0 Å². The smallest absolute Gasteiger partial charge is 0.305 e. The molecule has 3 heterocycles. The van der Waals surface area contributed by atoms with Crippen molar-refractivity contribution in [3.8, 4) is 17.7 Å². The van der Waals surface area contributed by atoms with Gasteiger partial charge in [0.05, 0.1) is 23.3 Å². The van der Waals surface area contributed by atoms with E-state index in [1.807, 2.05) is 43.3 Å². The average Bonchev–Trinajstić information content (AvgIpc) is 3.23. The van der Waals surface area contributed by atoms with Gasteiger partial charge in [-0.25, -0.2) is 9.25 Å². The maximum absolute atomic E-state index is 5.95. The number of para-hydroxylation sites is 2. The van der Waals surface area contributed by atoms with Crippen LogP contribution in [0.15, 0.2) is 42.6 Å². The van der Waals surface area contributed by atoms with Crippen LogP contribution in [-0.4, -0.2) is 41.3 Å². The summed E-state index contributed by atoms with van der Waals surface area (Å²) >= 11 is 0. The molecule has 0 atom stereocenters. The number of ether oxygens (including phenoxy) is 2. The lowest BCUT2D eigenvalue weighted by Gasteiger charge is -2.09. The van der Waals surface area contributed by atoms with Crippen LogP contribution in [0.3, 0.4) is 0 Å². The number of tetrazole rings is 1. The molecule has 0 unspecified atom stereocenters. The quantitative estimate of drug-likeness (QED) is 0.524. The Bertz CT molecular complexity index is 1040. The molecule has 0 saturated carbocycles. The second-order valence-electron chi connectivity index (χ2n) is 5.53. The highest BCUT2D eigenvalue weighted by Crippen LogP contribution is 2.25. The van der Waals surface area contributed by atoms with Gasteiger partial charge in [-0.15, -0.1) is 0 Å². The van der Waals surface area contributed by atoms with Gasteiger partial charge in [0.25, 0.3) is 5.95 Å². The molecule has 0 N–H and O–H groups in total. The number of aromatic nitrogens is 7. The van der Waals surface area contributed by atoms with E-state index in [0.717, 1.165) is 22.5 Å². The van der Waals surface area contributed by atoms with Gasteiger partial charge >= 0.3 is 6.01 Å². The Kier molecular flexibility index (Phi) is 4.18. The van der Waals surface area contributed by atoms with Crippen LogP contribution in [-0.2, 0) is 13.7 Å². The molecule has 4 rings (SSSR count). The predicted molar refractivity (Wildman–Crippen MR) is 93.2 cm³/mol. The lowest BCUT2D eigenvalue weighted by Crippen LogP contribution is -2.08. The van der Waals surface area contributed by atoms with Gasteiger partial charge in [-0.05, 0) is 35.5 Å². The minimum Gasteiger partial charge on any atom is -0.494 e. The van der Waals surface area contributed by atoms with E-state index in [0.29, 0.717) is 18.6 Å². The van der Waals surface area contributed by atoms with Crippen molar-refractivity contribution in [3.63, 3.8) is 0 Å². The Morgan fingerprint density at radius 3 is 2.81 bits per heavy atom. The molecular formula is C17H17N7O2. The molecule has 0 fully saturated rings. The summed E-state index contributed by atoms with van der Waals surface area (Å²) in [5, 5.41) is 11.7. The Morgan fingerprint density at radius 1 is 1.12 bits per heavy atom. The Balaban J connectivity index is 1.68. The highest BCUT2D eigenvalue weighted by molar-refractivity contribution is 5.78. The largest absolute Gasteiger partial charge is 0.494 e. The number of aryl methyl sites for hydroxylation is 1. The summed E-state index contributed by atoms with van der Waals surface area (Å²) in [5.74, 6) is 1.27. The van der Waals surface area contributed by atoms with Gasteiger partial charge in [-0.1, -0.05) is 17.2 Å². The molecule has 0 spiro atoms. The maximum atomic E-state index is 5.95. The number of rotatable bonds is 6. The van der Waals surface area contributed by atoms with Crippen LogP contribution in [0.1, 0.15) is 12.6 Å². The van der Waals surface area contributed by atoms with Crippen molar-refractivity contribution >= 4 is 11.0 Å². The van der Waals surface area contributed by atoms with Gasteiger partial charge in [0, 0.05) is 19.3 Å². The van der Waals surface area contributed by atoms with Gasteiger partial charge in [0.15, 0.2) is 0 Å². The summed E-state index contributed by atoms with van der Waals surface area (Å²) in [6.07, 6.45) is 1.69. The number of imidazole rings is 1. The van der Waals surface area contributed by atoms with Crippen LogP contribution in [0, 0.1) is 0 Å². The van der Waals surface area contributed by atoms with Crippen molar-refractivity contribution in [2.45, 2.75) is 13.5 Å². The molecule has 26 heavy (non-hydrogen) atoms. The number of pyridine rings is 1. The van der Waals surface area contributed by atoms with E-state index in [9.17, 15) is 0 Å². The molecule has 132 valence electrons. The standard InChI is InChI=1S/C17H17N7O2/c1-3-25-13-8-9-18-12(10-13)11-26-17-19-14-6-4-5-7-15(14)24(17)16-20-21-22-23(16)2/h4-10H,3,11H2,1-2H3. The summed E-state index contributed by atoms with van der Waals surface area (Å²) in [6, 6.07) is 11.8. The first-order valence-electron chi connectivity index (χ1n) is 8.17. The van der Waals surface area contributed by atoms with Gasteiger partial charge in [-0.3, -0.25) is 4.98 Å². The summed E-state index contributed by atoms with van der Waals surface area (Å²) in [7, 11) is 1.76. The lowest BCUT2D eigenvalue weighted by molar-refractivity contribution is 0.270. The Hall–Kier alpha value is -3.49. The van der Waals surface area contributed by atoms with Gasteiger partial charge in [0.1, 0.15) is 12.4 Å². The van der Waals surface area contributed by atoms with Gasteiger partial charge < -0.3 is 9.47 Å². The zero-order chi connectivity index (χ0) is 17.9. The van der Waals surface area contributed by atoms with Crippen molar-refractivity contribution in [1.82, 2.24) is 34.7 Å². The third-order valence-corrected chi connectivity index (χ3v) is 3.78. The molecule has 0 amide bonds. The summed E-state index contributed by atoms with van der Waals surface area (Å²) in [5.41, 5.74) is 2.39. The van der Waals surface area contributed by atoms with E-state index in [2.05, 4.69) is 25.5 Å². The molecule has 0 aliphatic rings. The molecule has 0 aliphatic heterocycles. The normalized spacial score (nSPS) is 11.0. The van der Waals surface area contributed by atoms with Crippen molar-refractivity contribution in [2.24, 2.45) is 7.05 Å².